The molecule has 0 spiro atoms. The maximum Gasteiger partial charge on any atom is 0.115 e. The Balaban J connectivity index is 3.24. The van der Waals surface area contributed by atoms with Gasteiger partial charge in [-0.05, 0) is 23.2 Å². The van der Waals surface area contributed by atoms with Crippen LogP contribution >= 0.6 is 11.6 Å². The van der Waals surface area contributed by atoms with E-state index in [0.29, 0.717) is 11.6 Å². The van der Waals surface area contributed by atoms with Crippen LogP contribution in [0.1, 0.15) is 11.1 Å². The molecule has 3 heteroatoms. The van der Waals surface area contributed by atoms with Crippen molar-refractivity contribution < 1.29 is 0 Å². The molecular weight excluding hydrogens is 162 g/mol. The number of benzene rings is 1. The monoisotopic (exact) mass is 169 g/mol. The summed E-state index contributed by atoms with van der Waals surface area (Å²) < 4.78 is 0. The summed E-state index contributed by atoms with van der Waals surface area (Å²) >= 11 is 5.58. The van der Waals surface area contributed by atoms with Gasteiger partial charge in [-0.3, -0.25) is 0 Å². The Morgan fingerprint density at radius 1 is 1.55 bits per heavy atom. The zero-order valence-corrected chi connectivity index (χ0v) is 6.93. The average molecular weight is 170 g/mol. The molecule has 0 heterocycles. The lowest BCUT2D eigenvalue weighted by Gasteiger charge is -2.00. The largest absolute Gasteiger partial charge is 0.145 e. The Hall–Kier alpha value is -0.890. The van der Waals surface area contributed by atoms with Crippen LogP contribution in [-0.2, 0) is 5.88 Å². The van der Waals surface area contributed by atoms with Crippen molar-refractivity contribution in [1.82, 2.24) is 0 Å². The van der Waals surface area contributed by atoms with E-state index in [1.807, 2.05) is 19.1 Å². The first-order valence-electron chi connectivity index (χ1n) is 3.27. The smallest absolute Gasteiger partial charge is 0.115 e. The molecule has 0 N–H and O–H groups in total. The Kier molecular flexibility index (Phi) is 2.60. The van der Waals surface area contributed by atoms with Crippen molar-refractivity contribution in [2.45, 2.75) is 12.8 Å². The van der Waals surface area contributed by atoms with Gasteiger partial charge in [0.1, 0.15) is 5.69 Å². The van der Waals surface area contributed by atoms with Crippen LogP contribution < -0.4 is 0 Å². The summed E-state index contributed by atoms with van der Waals surface area (Å²) in [5, 5.41) is 2.91. The molecule has 11 heavy (non-hydrogen) atoms. The first-order valence-corrected chi connectivity index (χ1v) is 3.81. The van der Waals surface area contributed by atoms with Gasteiger partial charge in [-0.25, -0.2) is 0 Å². The molecule has 0 aromatic heterocycles. The van der Waals surface area contributed by atoms with Gasteiger partial charge in [-0.15, -0.1) is 16.5 Å². The molecule has 0 aliphatic rings. The zero-order valence-electron chi connectivity index (χ0n) is 6.17. The number of halogens is 1. The number of nitroso groups, excluding NO2 is 1. The molecule has 0 bridgehead atoms. The second-order valence-electron chi connectivity index (χ2n) is 2.31. The van der Waals surface area contributed by atoms with E-state index in [0.717, 1.165) is 11.1 Å². The van der Waals surface area contributed by atoms with Crippen LogP contribution in [0, 0.1) is 11.8 Å². The van der Waals surface area contributed by atoms with E-state index in [9.17, 15) is 4.91 Å². The highest BCUT2D eigenvalue weighted by Gasteiger charge is 2.03. The van der Waals surface area contributed by atoms with Crippen molar-refractivity contribution in [1.29, 1.82) is 0 Å². The second-order valence-corrected chi connectivity index (χ2v) is 2.57. The summed E-state index contributed by atoms with van der Waals surface area (Å²) in [6, 6.07) is 5.51. The molecule has 1 rings (SSSR count). The molecule has 0 aliphatic heterocycles. The van der Waals surface area contributed by atoms with E-state index >= 15 is 0 Å². The summed E-state index contributed by atoms with van der Waals surface area (Å²) in [7, 11) is 0. The van der Waals surface area contributed by atoms with E-state index in [-0.39, 0.29) is 0 Å². The maximum absolute atomic E-state index is 10.3. The highest BCUT2D eigenvalue weighted by atomic mass is 35.5. The van der Waals surface area contributed by atoms with Gasteiger partial charge in [0.05, 0.1) is 0 Å². The van der Waals surface area contributed by atoms with Crippen molar-refractivity contribution >= 4 is 17.3 Å². The van der Waals surface area contributed by atoms with Gasteiger partial charge in [-0.1, -0.05) is 18.2 Å². The van der Waals surface area contributed by atoms with Crippen molar-refractivity contribution in [3.05, 3.63) is 34.2 Å². The van der Waals surface area contributed by atoms with Crippen LogP contribution in [0.25, 0.3) is 0 Å². The SMILES string of the molecule is Cc1cccc(CCl)c1N=O. The maximum atomic E-state index is 10.3. The van der Waals surface area contributed by atoms with E-state index in [1.165, 1.54) is 0 Å². The molecule has 0 fully saturated rings. The Morgan fingerprint density at radius 2 is 2.27 bits per heavy atom. The lowest BCUT2D eigenvalue weighted by Crippen LogP contribution is -1.81. The molecule has 1 aromatic rings. The van der Waals surface area contributed by atoms with Crippen LogP contribution in [-0.4, -0.2) is 0 Å². The Labute approximate surface area is 70.2 Å². The molecule has 0 atom stereocenters. The highest BCUT2D eigenvalue weighted by molar-refractivity contribution is 6.17. The molecule has 0 radical (unpaired) electrons. The highest BCUT2D eigenvalue weighted by Crippen LogP contribution is 2.24. The predicted octanol–water partition coefficient (Wildman–Crippen LogP) is 3.13. The van der Waals surface area contributed by atoms with Crippen LogP contribution in [0.4, 0.5) is 5.69 Å². The summed E-state index contributed by atoms with van der Waals surface area (Å²) in [5.41, 5.74) is 2.14. The lowest BCUT2D eigenvalue weighted by atomic mass is 10.1. The van der Waals surface area contributed by atoms with Crippen LogP contribution in [0.3, 0.4) is 0 Å². The molecule has 0 saturated heterocycles. The summed E-state index contributed by atoms with van der Waals surface area (Å²) in [6.45, 7) is 1.84. The number of hydrogen-bond donors (Lipinski definition) is 0. The third-order valence-corrected chi connectivity index (χ3v) is 1.84. The fourth-order valence-corrected chi connectivity index (χ4v) is 1.17. The van der Waals surface area contributed by atoms with Gasteiger partial charge in [-0.2, -0.15) is 0 Å². The molecule has 0 saturated carbocycles. The third-order valence-electron chi connectivity index (χ3n) is 1.56. The van der Waals surface area contributed by atoms with E-state index in [4.69, 9.17) is 11.6 Å². The van der Waals surface area contributed by atoms with Gasteiger partial charge < -0.3 is 0 Å². The van der Waals surface area contributed by atoms with Crippen molar-refractivity contribution in [2.75, 3.05) is 0 Å². The van der Waals surface area contributed by atoms with Gasteiger partial charge >= 0.3 is 0 Å². The lowest BCUT2D eigenvalue weighted by molar-refractivity contribution is 1.29. The molecule has 0 amide bonds. The van der Waals surface area contributed by atoms with Crippen molar-refractivity contribution in [3.8, 4) is 0 Å². The molecule has 58 valence electrons. The van der Waals surface area contributed by atoms with E-state index < -0.39 is 0 Å². The zero-order chi connectivity index (χ0) is 8.27. The van der Waals surface area contributed by atoms with Gasteiger partial charge in [0, 0.05) is 5.88 Å². The molecule has 0 unspecified atom stereocenters. The topological polar surface area (TPSA) is 29.4 Å². The predicted molar refractivity (Wildman–Crippen MR) is 46.2 cm³/mol. The Morgan fingerprint density at radius 3 is 2.73 bits per heavy atom. The fraction of sp³-hybridized carbons (Fsp3) is 0.250. The van der Waals surface area contributed by atoms with E-state index in [1.54, 1.807) is 6.07 Å². The summed E-state index contributed by atoms with van der Waals surface area (Å²) in [5.74, 6) is 0.336. The van der Waals surface area contributed by atoms with Crippen LogP contribution in [0.2, 0.25) is 0 Å². The normalized spacial score (nSPS) is 9.64. The number of nitrogens with zero attached hydrogens (tertiary/aromatic N) is 1. The molecular formula is C8H8ClNO. The van der Waals surface area contributed by atoms with E-state index in [2.05, 4.69) is 5.18 Å². The molecule has 1 aromatic carbocycles. The number of hydrogen-bond acceptors (Lipinski definition) is 2. The standard InChI is InChI=1S/C8H8ClNO/c1-6-3-2-4-7(5-9)8(6)10-11/h2-4H,5H2,1H3. The number of alkyl halides is 1. The van der Waals surface area contributed by atoms with Gasteiger partial charge in [0.2, 0.25) is 0 Å². The fourth-order valence-electron chi connectivity index (χ4n) is 0.958. The average Bonchev–Trinajstić information content (AvgIpc) is 2.04. The van der Waals surface area contributed by atoms with Gasteiger partial charge in [0.15, 0.2) is 0 Å². The van der Waals surface area contributed by atoms with Crippen molar-refractivity contribution in [3.63, 3.8) is 0 Å². The van der Waals surface area contributed by atoms with Gasteiger partial charge in [0.25, 0.3) is 0 Å². The molecule has 2 nitrogen and oxygen atoms in total. The third kappa shape index (κ3) is 1.57. The number of aryl methyl sites for hydroxylation is 1. The van der Waals surface area contributed by atoms with Crippen LogP contribution in [0.15, 0.2) is 23.4 Å². The minimum absolute atomic E-state index is 0.336. The molecule has 0 aliphatic carbocycles. The quantitative estimate of drug-likeness (QED) is 0.494. The Bertz CT molecular complexity index is 273. The first kappa shape index (κ1) is 8.21. The number of rotatable bonds is 2. The second kappa shape index (κ2) is 3.49. The minimum Gasteiger partial charge on any atom is -0.145 e. The first-order chi connectivity index (χ1) is 5.29. The summed E-state index contributed by atoms with van der Waals surface area (Å²) in [4.78, 5) is 10.3. The minimum atomic E-state index is 0.336. The van der Waals surface area contributed by atoms with Crippen LogP contribution in [0.5, 0.6) is 0 Å². The van der Waals surface area contributed by atoms with Crippen molar-refractivity contribution in [2.24, 2.45) is 5.18 Å². The summed E-state index contributed by atoms with van der Waals surface area (Å²) in [6.07, 6.45) is 0.